The number of thiophene rings is 1. The van der Waals surface area contributed by atoms with Crippen LogP contribution in [0.4, 0.5) is 17.1 Å². The Morgan fingerprint density at radius 2 is 1.20 bits per heavy atom. The van der Waals surface area contributed by atoms with Crippen LogP contribution in [0.25, 0.3) is 16.5 Å². The van der Waals surface area contributed by atoms with Gasteiger partial charge in [-0.05, 0) is 66.2 Å². The van der Waals surface area contributed by atoms with Gasteiger partial charge in [0, 0.05) is 55.6 Å². The van der Waals surface area contributed by atoms with Crippen LogP contribution in [0.2, 0.25) is 0 Å². The van der Waals surface area contributed by atoms with Crippen LogP contribution in [0.1, 0.15) is 78.5 Å². The molecular formula is C37H34N4O2S. The molecule has 7 heteroatoms. The lowest BCUT2D eigenvalue weighted by Crippen LogP contribution is -2.16. The summed E-state index contributed by atoms with van der Waals surface area (Å²) in [6, 6.07) is 22.3. The van der Waals surface area contributed by atoms with Crippen LogP contribution in [0, 0.1) is 0 Å². The van der Waals surface area contributed by atoms with E-state index in [1.54, 1.807) is 23.5 Å². The second-order valence-corrected chi connectivity index (χ2v) is 14.1. The Bertz CT molecular complexity index is 1800. The number of allylic oxidation sites excluding steroid dienone is 1. The fourth-order valence-electron chi connectivity index (χ4n) is 5.17. The van der Waals surface area contributed by atoms with Crippen molar-refractivity contribution in [3.05, 3.63) is 124 Å². The Morgan fingerprint density at radius 3 is 1.73 bits per heavy atom. The molecule has 1 aliphatic rings. The second kappa shape index (κ2) is 11.1. The average Bonchev–Trinajstić information content (AvgIpc) is 3.56. The summed E-state index contributed by atoms with van der Waals surface area (Å²) < 4.78 is 0. The number of nitrogens with zero attached hydrogens (tertiary/aromatic N) is 4. The Labute approximate surface area is 262 Å². The van der Waals surface area contributed by atoms with E-state index in [2.05, 4.69) is 100.0 Å². The van der Waals surface area contributed by atoms with Crippen LogP contribution in [0.3, 0.4) is 0 Å². The molecule has 5 aromatic rings. The predicted octanol–water partition coefficient (Wildman–Crippen LogP) is 9.13. The normalized spacial score (nSPS) is 14.3. The van der Waals surface area contributed by atoms with Gasteiger partial charge in [0.1, 0.15) is 0 Å². The first-order chi connectivity index (χ1) is 20.9. The van der Waals surface area contributed by atoms with Crippen molar-refractivity contribution in [1.29, 1.82) is 0 Å². The zero-order valence-corrected chi connectivity index (χ0v) is 26.6. The van der Waals surface area contributed by atoms with E-state index in [1.165, 1.54) is 12.4 Å². The fraction of sp³-hybridized carbons (Fsp3) is 0.216. The molecule has 4 aromatic heterocycles. The van der Waals surface area contributed by atoms with Crippen molar-refractivity contribution in [2.45, 2.75) is 52.4 Å². The Kier molecular flexibility index (Phi) is 7.38. The molecule has 0 aliphatic heterocycles. The monoisotopic (exact) mass is 598 g/mol. The van der Waals surface area contributed by atoms with Crippen LogP contribution in [0.15, 0.2) is 97.1 Å². The zero-order chi connectivity index (χ0) is 31.2. The van der Waals surface area contributed by atoms with Gasteiger partial charge in [0.25, 0.3) is 0 Å². The summed E-state index contributed by atoms with van der Waals surface area (Å²) in [5, 5.41) is 0. The van der Waals surface area contributed by atoms with Gasteiger partial charge in [-0.2, -0.15) is 0 Å². The largest absolute Gasteiger partial charge is 0.307 e. The van der Waals surface area contributed by atoms with Crippen LogP contribution in [0.5, 0.6) is 0 Å². The molecule has 0 fully saturated rings. The third kappa shape index (κ3) is 5.63. The SMILES string of the molecule is CC(C)(C)c1ccc(N(c2ccc(-c3ccc(/C=C4/C(=O)c5ccncc5C4=O)s3)cc2)c2ccc(C(C)(C)C)nc2)cn1. The summed E-state index contributed by atoms with van der Waals surface area (Å²) in [5.74, 6) is -0.519. The molecule has 1 aliphatic carbocycles. The summed E-state index contributed by atoms with van der Waals surface area (Å²) in [6.07, 6.45) is 8.54. The molecule has 0 amide bonds. The molecule has 0 radical (unpaired) electrons. The van der Waals surface area contributed by atoms with Crippen molar-refractivity contribution >= 4 is 46.0 Å². The first-order valence-corrected chi connectivity index (χ1v) is 15.4. The highest BCUT2D eigenvalue weighted by Crippen LogP contribution is 2.38. The predicted molar refractivity (Wildman–Crippen MR) is 178 cm³/mol. The van der Waals surface area contributed by atoms with Crippen LogP contribution >= 0.6 is 11.3 Å². The lowest BCUT2D eigenvalue weighted by atomic mass is 9.91. The standard InChI is InChI=1S/C37H34N4O2S/c1-36(2,3)32-15-11-25(20-39-32)41(26-12-16-33(40-21-26)37(4,5)6)24-9-7-23(8-10-24)31-14-13-27(44-31)19-29-34(42)28-17-18-38-22-30(28)35(29)43/h7-22H,1-6H3/b29-19-. The molecule has 6 nitrogen and oxygen atoms in total. The van der Waals surface area contributed by atoms with E-state index in [1.807, 2.05) is 24.5 Å². The van der Waals surface area contributed by atoms with Crippen LogP contribution in [-0.4, -0.2) is 26.5 Å². The third-order valence-electron chi connectivity index (χ3n) is 7.67. The quantitative estimate of drug-likeness (QED) is 0.148. The van der Waals surface area contributed by atoms with Crippen molar-refractivity contribution in [2.24, 2.45) is 0 Å². The van der Waals surface area contributed by atoms with Gasteiger partial charge in [-0.25, -0.2) is 0 Å². The number of hydrogen-bond acceptors (Lipinski definition) is 7. The summed E-state index contributed by atoms with van der Waals surface area (Å²) in [5.41, 5.74) is 6.86. The van der Waals surface area contributed by atoms with Gasteiger partial charge >= 0.3 is 0 Å². The van der Waals surface area contributed by atoms with E-state index < -0.39 is 0 Å². The molecule has 0 unspecified atom stereocenters. The molecule has 1 aromatic carbocycles. The first kappa shape index (κ1) is 29.3. The topological polar surface area (TPSA) is 76.1 Å². The minimum Gasteiger partial charge on any atom is -0.307 e. The number of ketones is 2. The highest BCUT2D eigenvalue weighted by molar-refractivity contribution is 7.16. The maximum Gasteiger partial charge on any atom is 0.199 e. The van der Waals surface area contributed by atoms with E-state index in [9.17, 15) is 9.59 Å². The van der Waals surface area contributed by atoms with E-state index in [-0.39, 0.29) is 28.0 Å². The molecule has 0 bridgehead atoms. The molecule has 0 N–H and O–H groups in total. The smallest absolute Gasteiger partial charge is 0.199 e. The number of carbonyl (C=O) groups excluding carboxylic acids is 2. The number of aromatic nitrogens is 3. The van der Waals surface area contributed by atoms with Crippen LogP contribution in [-0.2, 0) is 10.8 Å². The molecule has 0 saturated heterocycles. The summed E-state index contributed by atoms with van der Waals surface area (Å²) >= 11 is 1.54. The van der Waals surface area contributed by atoms with Gasteiger partial charge in [-0.15, -0.1) is 11.3 Å². The number of fused-ring (bicyclic) bond motifs is 1. The summed E-state index contributed by atoms with van der Waals surface area (Å²) in [4.78, 5) is 43.3. The van der Waals surface area contributed by atoms with Gasteiger partial charge in [0.2, 0.25) is 0 Å². The van der Waals surface area contributed by atoms with Gasteiger partial charge in [-0.1, -0.05) is 53.7 Å². The number of rotatable bonds is 5. The average molecular weight is 599 g/mol. The zero-order valence-electron chi connectivity index (χ0n) is 25.8. The van der Waals surface area contributed by atoms with Crippen LogP contribution < -0.4 is 4.90 Å². The van der Waals surface area contributed by atoms with E-state index in [4.69, 9.17) is 9.97 Å². The second-order valence-electron chi connectivity index (χ2n) is 13.0. The number of benzene rings is 1. The number of anilines is 3. The highest BCUT2D eigenvalue weighted by atomic mass is 32.1. The van der Waals surface area contributed by atoms with Gasteiger partial charge in [-0.3, -0.25) is 24.5 Å². The van der Waals surface area contributed by atoms with E-state index in [0.29, 0.717) is 11.1 Å². The fourth-order valence-corrected chi connectivity index (χ4v) is 6.13. The van der Waals surface area contributed by atoms with Crippen molar-refractivity contribution in [3.63, 3.8) is 0 Å². The lowest BCUT2D eigenvalue weighted by Gasteiger charge is -2.27. The maximum atomic E-state index is 12.8. The maximum absolute atomic E-state index is 12.8. The van der Waals surface area contributed by atoms with Gasteiger partial charge < -0.3 is 4.90 Å². The molecule has 0 saturated carbocycles. The summed E-state index contributed by atoms with van der Waals surface area (Å²) in [7, 11) is 0. The Hall–Kier alpha value is -4.75. The van der Waals surface area contributed by atoms with Crippen molar-refractivity contribution in [1.82, 2.24) is 15.0 Å². The lowest BCUT2D eigenvalue weighted by molar-refractivity contribution is 0.0990. The van der Waals surface area contributed by atoms with Crippen molar-refractivity contribution < 1.29 is 9.59 Å². The van der Waals surface area contributed by atoms with Crippen molar-refractivity contribution in [2.75, 3.05) is 4.90 Å². The minimum absolute atomic E-state index is 0.0457. The Balaban J connectivity index is 1.31. The Morgan fingerprint density at radius 1 is 0.636 bits per heavy atom. The molecule has 0 spiro atoms. The molecule has 0 atom stereocenters. The molecule has 44 heavy (non-hydrogen) atoms. The number of carbonyl (C=O) groups is 2. The molecule has 220 valence electrons. The van der Waals surface area contributed by atoms with Gasteiger partial charge in [0.05, 0.1) is 34.9 Å². The number of hydrogen-bond donors (Lipinski definition) is 0. The van der Waals surface area contributed by atoms with Crippen molar-refractivity contribution in [3.8, 4) is 10.4 Å². The third-order valence-corrected chi connectivity index (χ3v) is 8.75. The molecule has 4 heterocycles. The number of pyridine rings is 3. The minimum atomic E-state index is -0.271. The molecular weight excluding hydrogens is 565 g/mol. The van der Waals surface area contributed by atoms with E-state index in [0.717, 1.165) is 43.8 Å². The first-order valence-electron chi connectivity index (χ1n) is 14.6. The van der Waals surface area contributed by atoms with E-state index >= 15 is 0 Å². The molecule has 6 rings (SSSR count). The highest BCUT2D eigenvalue weighted by Gasteiger charge is 2.33. The number of Topliss-reactive ketones (excluding diaryl/α,β-unsaturated/α-hetero) is 2. The summed E-state index contributed by atoms with van der Waals surface area (Å²) in [6.45, 7) is 13.0. The van der Waals surface area contributed by atoms with Gasteiger partial charge in [0.15, 0.2) is 11.6 Å².